The molecule has 10 atom stereocenters. The molecule has 0 amide bonds. The maximum absolute atomic E-state index is 12.8. The van der Waals surface area contributed by atoms with Gasteiger partial charge in [0.25, 0.3) is 0 Å². The summed E-state index contributed by atoms with van der Waals surface area (Å²) in [5.41, 5.74) is -1.78. The maximum Gasteiger partial charge on any atom is 0.336 e. The van der Waals surface area contributed by atoms with Gasteiger partial charge >= 0.3 is 5.97 Å². The minimum Gasteiger partial charge on any atom is -0.479 e. The topological polar surface area (TPSA) is 87.0 Å². The third-order valence-corrected chi connectivity index (χ3v) is 13.3. The summed E-state index contributed by atoms with van der Waals surface area (Å²) >= 11 is 0. The number of hydrogen-bond acceptors (Lipinski definition) is 4. The number of carbonyl (C=O) groups is 1. The van der Waals surface area contributed by atoms with Crippen LogP contribution >= 0.6 is 0 Å². The molecule has 0 spiro atoms. The minimum absolute atomic E-state index is 0.00488. The van der Waals surface area contributed by atoms with Crippen LogP contribution in [0.15, 0.2) is 0 Å². The molecule has 0 bridgehead atoms. The Bertz CT molecular complexity index is 876. The summed E-state index contributed by atoms with van der Waals surface area (Å²) < 4.78 is 6.39. The lowest BCUT2D eigenvalue weighted by molar-refractivity contribution is -0.229. The molecule has 35 heavy (non-hydrogen) atoms. The Morgan fingerprint density at radius 1 is 0.800 bits per heavy atom. The summed E-state index contributed by atoms with van der Waals surface area (Å²) in [7, 11) is 0. The second-order valence-electron chi connectivity index (χ2n) is 15.2. The van der Waals surface area contributed by atoms with Crippen molar-refractivity contribution in [3.05, 3.63) is 0 Å². The molecular formula is C30H50O5. The second-order valence-corrected chi connectivity index (χ2v) is 15.2. The van der Waals surface area contributed by atoms with Crippen LogP contribution in [0.2, 0.25) is 0 Å². The van der Waals surface area contributed by atoms with Gasteiger partial charge in [-0.2, -0.15) is 0 Å². The average Bonchev–Trinajstić information content (AvgIpc) is 3.35. The van der Waals surface area contributed by atoms with Gasteiger partial charge in [0.15, 0.2) is 5.60 Å². The third kappa shape index (κ3) is 3.25. The predicted octanol–water partition coefficient (Wildman–Crippen LogP) is 5.81. The number of carboxylic acids is 1. The first-order valence-corrected chi connectivity index (χ1v) is 14.4. The number of fused-ring (bicyclic) bond motifs is 5. The Kier molecular flexibility index (Phi) is 5.71. The highest BCUT2D eigenvalue weighted by Crippen LogP contribution is 2.76. The molecule has 5 rings (SSSR count). The molecule has 1 heterocycles. The summed E-state index contributed by atoms with van der Waals surface area (Å²) in [6, 6.07) is 0. The van der Waals surface area contributed by atoms with Crippen LogP contribution in [0.5, 0.6) is 0 Å². The van der Waals surface area contributed by atoms with Gasteiger partial charge in [-0.1, -0.05) is 34.6 Å². The molecule has 5 heteroatoms. The Morgan fingerprint density at radius 2 is 1.46 bits per heavy atom. The fraction of sp³-hybridized carbons (Fsp3) is 0.967. The number of aliphatic carboxylic acids is 1. The van der Waals surface area contributed by atoms with Gasteiger partial charge in [0.2, 0.25) is 0 Å². The van der Waals surface area contributed by atoms with Crippen molar-refractivity contribution in [1.82, 2.24) is 0 Å². The zero-order chi connectivity index (χ0) is 25.8. The van der Waals surface area contributed by atoms with Gasteiger partial charge in [0.1, 0.15) is 0 Å². The fourth-order valence-electron chi connectivity index (χ4n) is 11.1. The van der Waals surface area contributed by atoms with E-state index in [1.807, 2.05) is 0 Å². The van der Waals surface area contributed by atoms with Crippen molar-refractivity contribution in [2.24, 2.45) is 45.3 Å². The molecule has 3 N–H and O–H groups in total. The molecule has 0 aromatic rings. The number of aliphatic hydroxyl groups excluding tert-OH is 1. The van der Waals surface area contributed by atoms with Gasteiger partial charge in [-0.05, 0) is 117 Å². The molecule has 5 fully saturated rings. The van der Waals surface area contributed by atoms with E-state index < -0.39 is 23.3 Å². The van der Waals surface area contributed by atoms with Crippen LogP contribution in [0, 0.1) is 45.3 Å². The van der Waals surface area contributed by atoms with Crippen LogP contribution in [-0.2, 0) is 9.53 Å². The van der Waals surface area contributed by atoms with Crippen molar-refractivity contribution in [1.29, 1.82) is 0 Å². The highest BCUT2D eigenvalue weighted by Gasteiger charge is 2.71. The molecule has 0 radical (unpaired) electrons. The molecule has 4 saturated carbocycles. The van der Waals surface area contributed by atoms with Crippen LogP contribution in [0.3, 0.4) is 0 Å². The Morgan fingerprint density at radius 3 is 2.06 bits per heavy atom. The molecule has 5 nitrogen and oxygen atoms in total. The first kappa shape index (κ1) is 26.0. The van der Waals surface area contributed by atoms with Crippen molar-refractivity contribution >= 4 is 5.97 Å². The zero-order valence-corrected chi connectivity index (χ0v) is 23.2. The number of hydrogen-bond donors (Lipinski definition) is 3. The number of rotatable bonds is 3. The lowest BCUT2D eigenvalue weighted by Gasteiger charge is -2.70. The molecule has 5 aliphatic rings. The first-order chi connectivity index (χ1) is 16.0. The predicted molar refractivity (Wildman–Crippen MR) is 136 cm³/mol. The summed E-state index contributed by atoms with van der Waals surface area (Å²) in [6.07, 6.45) is 8.96. The second kappa shape index (κ2) is 7.69. The Balaban J connectivity index is 1.48. The van der Waals surface area contributed by atoms with E-state index in [4.69, 9.17) is 4.74 Å². The molecule has 0 unspecified atom stereocenters. The Hall–Kier alpha value is -0.650. The van der Waals surface area contributed by atoms with Crippen molar-refractivity contribution in [2.45, 2.75) is 136 Å². The Labute approximate surface area is 212 Å². The van der Waals surface area contributed by atoms with Crippen molar-refractivity contribution in [2.75, 3.05) is 0 Å². The van der Waals surface area contributed by atoms with Gasteiger partial charge in [-0.25, -0.2) is 4.79 Å². The van der Waals surface area contributed by atoms with Crippen molar-refractivity contribution in [3.8, 4) is 0 Å². The van der Waals surface area contributed by atoms with Crippen LogP contribution in [0.4, 0.5) is 0 Å². The van der Waals surface area contributed by atoms with Crippen LogP contribution in [0.25, 0.3) is 0 Å². The molecule has 0 aromatic carbocycles. The smallest absolute Gasteiger partial charge is 0.336 e. The monoisotopic (exact) mass is 490 g/mol. The molecule has 200 valence electrons. The summed E-state index contributed by atoms with van der Waals surface area (Å²) in [6.45, 7) is 15.6. The van der Waals surface area contributed by atoms with E-state index in [0.29, 0.717) is 30.6 Å². The highest BCUT2D eigenvalue weighted by molar-refractivity contribution is 5.78. The van der Waals surface area contributed by atoms with E-state index in [1.165, 1.54) is 6.42 Å². The molecule has 1 aliphatic heterocycles. The molecule has 1 saturated heterocycles. The van der Waals surface area contributed by atoms with E-state index in [2.05, 4.69) is 34.6 Å². The largest absolute Gasteiger partial charge is 0.479 e. The first-order valence-electron chi connectivity index (χ1n) is 14.4. The van der Waals surface area contributed by atoms with E-state index in [1.54, 1.807) is 13.8 Å². The number of aliphatic hydroxyl groups is 2. The van der Waals surface area contributed by atoms with Crippen molar-refractivity contribution in [3.63, 3.8) is 0 Å². The van der Waals surface area contributed by atoms with Gasteiger partial charge < -0.3 is 20.1 Å². The summed E-state index contributed by atoms with van der Waals surface area (Å²) in [5, 5.41) is 32.0. The van der Waals surface area contributed by atoms with Gasteiger partial charge in [-0.15, -0.1) is 0 Å². The van der Waals surface area contributed by atoms with Gasteiger partial charge in [0, 0.05) is 5.92 Å². The molecular weight excluding hydrogens is 440 g/mol. The normalized spacial score (nSPS) is 53.5. The van der Waals surface area contributed by atoms with Gasteiger partial charge in [0.05, 0.1) is 17.8 Å². The van der Waals surface area contributed by atoms with Crippen LogP contribution in [-0.4, -0.2) is 44.7 Å². The minimum atomic E-state index is -1.17. The number of carboxylic acid groups (broad SMARTS) is 1. The zero-order valence-electron chi connectivity index (χ0n) is 23.2. The lowest BCUT2D eigenvalue weighted by Crippen LogP contribution is -2.64. The standard InChI is InChI=1S/C30H50O5/c1-25(2)20-11-16-29(7)21(27(20,5)14-12-22(25)31)9-8-18-19(10-15-28(18,29)6)30(24(32)33)17-13-23(35-30)26(3,4)34/h18-23,31,34H,8-17H2,1-7H3,(H,32,33)/t18-,19+,20+,21-,22-,23+,27+,28-,29-,30+/m1/s1. The van der Waals surface area contributed by atoms with Crippen molar-refractivity contribution < 1.29 is 24.9 Å². The van der Waals surface area contributed by atoms with E-state index >= 15 is 0 Å². The summed E-state index contributed by atoms with van der Waals surface area (Å²) in [5.74, 6) is 0.651. The molecule has 0 aromatic heterocycles. The SMILES string of the molecule is CC(C)(O)[C@@H]1CC[C@@](C(=O)O)([C@H]2CC[C@]3(C)[C@@H]2CC[C@@H]2[C@@]4(C)CC[C@@H](O)C(C)(C)[C@@H]4CC[C@]23C)O1. The van der Waals surface area contributed by atoms with E-state index in [9.17, 15) is 20.1 Å². The van der Waals surface area contributed by atoms with E-state index in [-0.39, 0.29) is 33.7 Å². The quantitative estimate of drug-likeness (QED) is 0.465. The summed E-state index contributed by atoms with van der Waals surface area (Å²) in [4.78, 5) is 12.8. The van der Waals surface area contributed by atoms with Crippen LogP contribution in [0.1, 0.15) is 113 Å². The fourth-order valence-corrected chi connectivity index (χ4v) is 11.1. The maximum atomic E-state index is 12.8. The lowest BCUT2D eigenvalue weighted by atomic mass is 9.35. The van der Waals surface area contributed by atoms with E-state index in [0.717, 1.165) is 44.9 Å². The molecule has 4 aliphatic carbocycles. The highest BCUT2D eigenvalue weighted by atomic mass is 16.6. The average molecular weight is 491 g/mol. The van der Waals surface area contributed by atoms with Gasteiger partial charge in [-0.3, -0.25) is 0 Å². The van der Waals surface area contributed by atoms with Crippen LogP contribution < -0.4 is 0 Å². The number of ether oxygens (including phenoxy) is 1. The third-order valence-electron chi connectivity index (χ3n) is 13.3.